The number of ether oxygens (including phenoxy) is 1. The third-order valence-electron chi connectivity index (χ3n) is 5.78. The van der Waals surface area contributed by atoms with Crippen molar-refractivity contribution in [3.05, 3.63) is 35.4 Å². The van der Waals surface area contributed by atoms with Gasteiger partial charge in [-0.15, -0.1) is 0 Å². The predicted molar refractivity (Wildman–Crippen MR) is 105 cm³/mol. The van der Waals surface area contributed by atoms with Gasteiger partial charge in [0.2, 0.25) is 0 Å². The Morgan fingerprint density at radius 3 is 2.31 bits per heavy atom. The molecule has 1 aromatic carbocycles. The van der Waals surface area contributed by atoms with Crippen LogP contribution in [0.2, 0.25) is 0 Å². The maximum absolute atomic E-state index is 12.8. The molecule has 2 heterocycles. The molecule has 0 N–H and O–H groups in total. The Bertz CT molecular complexity index is 635. The summed E-state index contributed by atoms with van der Waals surface area (Å²) in [6, 6.07) is 8.80. The van der Waals surface area contributed by atoms with Gasteiger partial charge in [-0.1, -0.05) is 45.0 Å². The highest BCUT2D eigenvalue weighted by molar-refractivity contribution is 5.68. The lowest BCUT2D eigenvalue weighted by atomic mass is 9.83. The molecule has 26 heavy (non-hydrogen) atoms. The zero-order chi connectivity index (χ0) is 19.1. The van der Waals surface area contributed by atoms with Gasteiger partial charge in [0.1, 0.15) is 6.10 Å². The fourth-order valence-corrected chi connectivity index (χ4v) is 4.31. The van der Waals surface area contributed by atoms with Crippen molar-refractivity contribution in [3.8, 4) is 0 Å². The molecule has 0 aliphatic carbocycles. The number of amides is 1. The van der Waals surface area contributed by atoms with Gasteiger partial charge < -0.3 is 9.64 Å². The molecule has 4 heteroatoms. The van der Waals surface area contributed by atoms with Crippen molar-refractivity contribution in [2.45, 2.75) is 78.6 Å². The third-order valence-corrected chi connectivity index (χ3v) is 5.78. The van der Waals surface area contributed by atoms with E-state index in [2.05, 4.69) is 64.6 Å². The lowest BCUT2D eigenvalue weighted by Gasteiger charge is -2.42. The monoisotopic (exact) mass is 358 g/mol. The first kappa shape index (κ1) is 19.2. The summed E-state index contributed by atoms with van der Waals surface area (Å²) in [5, 5.41) is 0. The Hall–Kier alpha value is -1.55. The smallest absolute Gasteiger partial charge is 0.410 e. The van der Waals surface area contributed by atoms with Crippen LogP contribution in [0.5, 0.6) is 0 Å². The van der Waals surface area contributed by atoms with Crippen LogP contribution in [0.4, 0.5) is 4.79 Å². The van der Waals surface area contributed by atoms with Crippen LogP contribution in [0.25, 0.3) is 0 Å². The lowest BCUT2D eigenvalue weighted by molar-refractivity contribution is 0.0454. The largest absolute Gasteiger partial charge is 0.445 e. The molecule has 4 nitrogen and oxygen atoms in total. The normalized spacial score (nSPS) is 24.5. The summed E-state index contributed by atoms with van der Waals surface area (Å²) in [6.45, 7) is 15.8. The second-order valence-electron chi connectivity index (χ2n) is 9.89. The fourth-order valence-electron chi connectivity index (χ4n) is 4.31. The average Bonchev–Trinajstić information content (AvgIpc) is 2.99. The second kappa shape index (κ2) is 6.88. The molecule has 0 saturated carbocycles. The predicted octanol–water partition coefficient (Wildman–Crippen LogP) is 4.47. The molecule has 1 amide bonds. The zero-order valence-corrected chi connectivity index (χ0v) is 17.2. The maximum atomic E-state index is 12.8. The van der Waals surface area contributed by atoms with Crippen LogP contribution in [0.3, 0.4) is 0 Å². The number of carbonyl (C=O) groups excluding carboxylic acids is 1. The highest BCUT2D eigenvalue weighted by atomic mass is 16.6. The number of nitrogens with zero attached hydrogens (tertiary/aromatic N) is 2. The van der Waals surface area contributed by atoms with E-state index in [0.29, 0.717) is 12.6 Å². The number of rotatable bonds is 1. The van der Waals surface area contributed by atoms with E-state index in [-0.39, 0.29) is 23.2 Å². The van der Waals surface area contributed by atoms with E-state index in [1.807, 2.05) is 11.0 Å². The highest BCUT2D eigenvalue weighted by Crippen LogP contribution is 2.38. The molecule has 1 saturated heterocycles. The molecule has 144 valence electrons. The number of benzene rings is 1. The summed E-state index contributed by atoms with van der Waals surface area (Å²) in [5.41, 5.74) is 2.83. The molecule has 3 rings (SSSR count). The van der Waals surface area contributed by atoms with Gasteiger partial charge in [0.05, 0.1) is 0 Å². The van der Waals surface area contributed by atoms with Crippen molar-refractivity contribution >= 4 is 6.09 Å². The quantitative estimate of drug-likeness (QED) is 0.742. The minimum Gasteiger partial charge on any atom is -0.445 e. The summed E-state index contributed by atoms with van der Waals surface area (Å²) in [6.07, 6.45) is 1.64. The van der Waals surface area contributed by atoms with Crippen molar-refractivity contribution in [1.82, 2.24) is 9.80 Å². The van der Waals surface area contributed by atoms with Gasteiger partial charge in [0.15, 0.2) is 0 Å². The van der Waals surface area contributed by atoms with E-state index in [4.69, 9.17) is 4.74 Å². The highest BCUT2D eigenvalue weighted by Gasteiger charge is 2.45. The summed E-state index contributed by atoms with van der Waals surface area (Å²) >= 11 is 0. The minimum absolute atomic E-state index is 0.0249. The van der Waals surface area contributed by atoms with Crippen LogP contribution in [0, 0.1) is 5.41 Å². The zero-order valence-electron chi connectivity index (χ0n) is 17.2. The number of likely N-dealkylation sites (tertiary alicyclic amines) is 1. The minimum atomic E-state index is -0.159. The van der Waals surface area contributed by atoms with E-state index >= 15 is 0 Å². The van der Waals surface area contributed by atoms with Crippen molar-refractivity contribution in [2.75, 3.05) is 13.1 Å². The van der Waals surface area contributed by atoms with E-state index in [1.165, 1.54) is 11.1 Å². The Balaban J connectivity index is 1.65. The summed E-state index contributed by atoms with van der Waals surface area (Å²) in [4.78, 5) is 17.1. The molecule has 1 aromatic rings. The standard InChI is InChI=1S/C22H34N2O2/c1-21(2,3)19-13-18(15-24(19)22(4,5)6)26-20(25)23-12-11-16-9-7-8-10-17(16)14-23/h7-10,18-19H,11-15H2,1-6H3. The average molecular weight is 359 g/mol. The summed E-state index contributed by atoms with van der Waals surface area (Å²) < 4.78 is 5.96. The number of hydrogen-bond acceptors (Lipinski definition) is 3. The molecule has 0 bridgehead atoms. The molecule has 0 spiro atoms. The lowest BCUT2D eigenvalue weighted by Crippen LogP contribution is -2.49. The first-order chi connectivity index (χ1) is 12.1. The molecule has 0 aromatic heterocycles. The van der Waals surface area contributed by atoms with Crippen LogP contribution in [0.15, 0.2) is 24.3 Å². The third kappa shape index (κ3) is 4.06. The van der Waals surface area contributed by atoms with E-state index in [9.17, 15) is 4.79 Å². The van der Waals surface area contributed by atoms with Gasteiger partial charge >= 0.3 is 6.09 Å². The van der Waals surface area contributed by atoms with Gasteiger partial charge in [-0.05, 0) is 43.7 Å². The number of fused-ring (bicyclic) bond motifs is 1. The molecule has 1 fully saturated rings. The molecular formula is C22H34N2O2. The molecule has 0 radical (unpaired) electrons. The summed E-state index contributed by atoms with van der Waals surface area (Å²) in [7, 11) is 0. The summed E-state index contributed by atoms with van der Waals surface area (Å²) in [5.74, 6) is 0. The van der Waals surface area contributed by atoms with E-state index < -0.39 is 0 Å². The van der Waals surface area contributed by atoms with Crippen molar-refractivity contribution in [1.29, 1.82) is 0 Å². The fraction of sp³-hybridized carbons (Fsp3) is 0.682. The van der Waals surface area contributed by atoms with Gasteiger partial charge in [0.25, 0.3) is 0 Å². The van der Waals surface area contributed by atoms with E-state index in [0.717, 1.165) is 25.9 Å². The van der Waals surface area contributed by atoms with Crippen LogP contribution in [-0.2, 0) is 17.7 Å². The number of carbonyl (C=O) groups is 1. The first-order valence-electron chi connectivity index (χ1n) is 9.85. The molecule has 2 unspecified atom stereocenters. The van der Waals surface area contributed by atoms with Crippen LogP contribution in [0.1, 0.15) is 59.1 Å². The van der Waals surface area contributed by atoms with Gasteiger partial charge in [-0.3, -0.25) is 4.90 Å². The van der Waals surface area contributed by atoms with E-state index in [1.54, 1.807) is 0 Å². The van der Waals surface area contributed by atoms with Gasteiger partial charge in [0, 0.05) is 37.6 Å². The molecular weight excluding hydrogens is 324 g/mol. The van der Waals surface area contributed by atoms with Crippen molar-refractivity contribution in [3.63, 3.8) is 0 Å². The van der Waals surface area contributed by atoms with Crippen molar-refractivity contribution in [2.24, 2.45) is 5.41 Å². The Morgan fingerprint density at radius 2 is 1.73 bits per heavy atom. The van der Waals surface area contributed by atoms with Crippen LogP contribution >= 0.6 is 0 Å². The Morgan fingerprint density at radius 1 is 1.08 bits per heavy atom. The van der Waals surface area contributed by atoms with Crippen LogP contribution in [-0.4, -0.2) is 46.7 Å². The molecule has 2 atom stereocenters. The molecule has 2 aliphatic heterocycles. The number of hydrogen-bond donors (Lipinski definition) is 0. The first-order valence-corrected chi connectivity index (χ1v) is 9.85. The topological polar surface area (TPSA) is 32.8 Å². The van der Waals surface area contributed by atoms with Crippen LogP contribution < -0.4 is 0 Å². The Kier molecular flexibility index (Phi) is 5.08. The SMILES string of the molecule is CC(C)(C)C1CC(OC(=O)N2CCc3ccccc3C2)CN1C(C)(C)C. The second-order valence-corrected chi connectivity index (χ2v) is 9.89. The molecule has 2 aliphatic rings. The maximum Gasteiger partial charge on any atom is 0.410 e. The van der Waals surface area contributed by atoms with Crippen molar-refractivity contribution < 1.29 is 9.53 Å². The Labute approximate surface area is 158 Å². The van der Waals surface area contributed by atoms with Gasteiger partial charge in [-0.2, -0.15) is 0 Å². The van der Waals surface area contributed by atoms with Gasteiger partial charge in [-0.25, -0.2) is 4.79 Å².